The van der Waals surface area contributed by atoms with Crippen molar-refractivity contribution in [2.24, 2.45) is 0 Å². The molecule has 1 aromatic rings. The lowest BCUT2D eigenvalue weighted by Crippen LogP contribution is -1.92. The van der Waals surface area contributed by atoms with Crippen molar-refractivity contribution in [3.63, 3.8) is 0 Å². The first-order valence-electron chi connectivity index (χ1n) is 3.78. The maximum Gasteiger partial charge on any atom is 0.115 e. The van der Waals surface area contributed by atoms with Crippen molar-refractivity contribution in [1.82, 2.24) is 0 Å². The Balaban J connectivity index is 3.29. The van der Waals surface area contributed by atoms with Crippen LogP contribution in [0, 0.1) is 20.8 Å². The summed E-state index contributed by atoms with van der Waals surface area (Å²) in [6.07, 6.45) is 0. The molecular weight excluding hydrogens is 139 g/mol. The number of benzene rings is 1. The maximum absolute atomic E-state index is 12.4. The van der Waals surface area contributed by atoms with Gasteiger partial charge in [0.2, 0.25) is 0 Å². The van der Waals surface area contributed by atoms with E-state index in [0.29, 0.717) is 0 Å². The molecule has 0 heterocycles. The zero-order valence-electron chi connectivity index (χ0n) is 7.24. The van der Waals surface area contributed by atoms with E-state index in [4.69, 9.17) is 0 Å². The van der Waals surface area contributed by atoms with E-state index >= 15 is 0 Å². The van der Waals surface area contributed by atoms with Crippen molar-refractivity contribution in [2.45, 2.75) is 27.4 Å². The van der Waals surface area contributed by atoms with E-state index < -0.39 is 0 Å². The number of hydrogen-bond acceptors (Lipinski definition) is 0. The van der Waals surface area contributed by atoms with Crippen molar-refractivity contribution in [3.05, 3.63) is 34.4 Å². The fourth-order valence-corrected chi connectivity index (χ4v) is 1.21. The predicted octanol–water partition coefficient (Wildman–Crippen LogP) is 3.08. The Hall–Kier alpha value is -0.850. The molecule has 1 aromatic carbocycles. The molecule has 11 heavy (non-hydrogen) atoms. The van der Waals surface area contributed by atoms with E-state index in [1.54, 1.807) is 0 Å². The number of aryl methyl sites for hydroxylation is 2. The number of alkyl halides is 1. The molecule has 0 unspecified atom stereocenters. The van der Waals surface area contributed by atoms with Crippen molar-refractivity contribution in [2.75, 3.05) is 0 Å². The Kier molecular flexibility index (Phi) is 2.28. The second-order valence-electron chi connectivity index (χ2n) is 2.94. The van der Waals surface area contributed by atoms with Gasteiger partial charge >= 0.3 is 0 Å². The molecule has 0 amide bonds. The van der Waals surface area contributed by atoms with Crippen LogP contribution in [0.3, 0.4) is 0 Å². The summed E-state index contributed by atoms with van der Waals surface area (Å²) in [7, 11) is 0. The van der Waals surface area contributed by atoms with Crippen LogP contribution in [0.2, 0.25) is 0 Å². The van der Waals surface area contributed by atoms with E-state index in [9.17, 15) is 4.39 Å². The second kappa shape index (κ2) is 3.04. The van der Waals surface area contributed by atoms with E-state index in [1.165, 1.54) is 5.56 Å². The van der Waals surface area contributed by atoms with Gasteiger partial charge in [0.05, 0.1) is 0 Å². The van der Waals surface area contributed by atoms with E-state index in [1.807, 2.05) is 32.9 Å². The topological polar surface area (TPSA) is 0 Å². The molecule has 0 nitrogen and oxygen atoms in total. The van der Waals surface area contributed by atoms with Crippen LogP contribution in [0.5, 0.6) is 0 Å². The molecular formula is C10H13F. The summed E-state index contributed by atoms with van der Waals surface area (Å²) in [6.45, 7) is 5.58. The predicted molar refractivity (Wildman–Crippen MR) is 45.5 cm³/mol. The van der Waals surface area contributed by atoms with Crippen molar-refractivity contribution in [3.8, 4) is 0 Å². The van der Waals surface area contributed by atoms with Crippen LogP contribution in [-0.4, -0.2) is 0 Å². The minimum Gasteiger partial charge on any atom is -0.246 e. The first-order valence-corrected chi connectivity index (χ1v) is 3.78. The minimum atomic E-state index is -0.348. The molecule has 0 spiro atoms. The number of halogens is 1. The largest absolute Gasteiger partial charge is 0.246 e. The van der Waals surface area contributed by atoms with Gasteiger partial charge in [0.25, 0.3) is 0 Å². The third-order valence-corrected chi connectivity index (χ3v) is 2.24. The van der Waals surface area contributed by atoms with Crippen LogP contribution in [0.15, 0.2) is 12.1 Å². The maximum atomic E-state index is 12.4. The molecule has 0 atom stereocenters. The third-order valence-electron chi connectivity index (χ3n) is 2.24. The minimum absolute atomic E-state index is 0.348. The molecule has 0 fully saturated rings. The normalized spacial score (nSPS) is 10.2. The van der Waals surface area contributed by atoms with E-state index in [-0.39, 0.29) is 6.67 Å². The van der Waals surface area contributed by atoms with Gasteiger partial charge in [-0.2, -0.15) is 0 Å². The zero-order valence-corrected chi connectivity index (χ0v) is 7.24. The molecule has 0 aliphatic rings. The molecule has 60 valence electrons. The molecule has 0 aliphatic heterocycles. The molecule has 0 aromatic heterocycles. The standard InChI is InChI=1S/C10H13F/c1-7-4-5-8(2)10(6-11)9(7)3/h4-5H,6H2,1-3H3. The van der Waals surface area contributed by atoms with Gasteiger partial charge in [0.1, 0.15) is 6.67 Å². The molecule has 0 bridgehead atoms. The van der Waals surface area contributed by atoms with Crippen LogP contribution < -0.4 is 0 Å². The SMILES string of the molecule is Cc1ccc(C)c(CF)c1C. The Labute approximate surface area is 67.1 Å². The third kappa shape index (κ3) is 1.42. The lowest BCUT2D eigenvalue weighted by atomic mass is 10.00. The average Bonchev–Trinajstić information content (AvgIpc) is 1.99. The molecule has 0 saturated heterocycles. The molecule has 1 rings (SSSR count). The number of rotatable bonds is 1. The van der Waals surface area contributed by atoms with Gasteiger partial charge in [-0.3, -0.25) is 0 Å². The van der Waals surface area contributed by atoms with Gasteiger partial charge in [-0.15, -0.1) is 0 Å². The second-order valence-corrected chi connectivity index (χ2v) is 2.94. The number of hydrogen-bond donors (Lipinski definition) is 0. The van der Waals surface area contributed by atoms with Gasteiger partial charge in [-0.05, 0) is 43.0 Å². The smallest absolute Gasteiger partial charge is 0.115 e. The summed E-state index contributed by atoms with van der Waals surface area (Å²) < 4.78 is 12.4. The monoisotopic (exact) mass is 152 g/mol. The van der Waals surface area contributed by atoms with Gasteiger partial charge in [-0.1, -0.05) is 12.1 Å². The Morgan fingerprint density at radius 1 is 1.09 bits per heavy atom. The van der Waals surface area contributed by atoms with Gasteiger partial charge in [-0.25, -0.2) is 4.39 Å². The summed E-state index contributed by atoms with van der Waals surface area (Å²) in [5.41, 5.74) is 4.16. The van der Waals surface area contributed by atoms with Crippen LogP contribution in [-0.2, 0) is 6.67 Å². The fourth-order valence-electron chi connectivity index (χ4n) is 1.21. The van der Waals surface area contributed by atoms with Gasteiger partial charge in [0.15, 0.2) is 0 Å². The van der Waals surface area contributed by atoms with Crippen molar-refractivity contribution >= 4 is 0 Å². The molecule has 1 heteroatoms. The molecule has 0 aliphatic carbocycles. The van der Waals surface area contributed by atoms with Gasteiger partial charge in [0, 0.05) is 0 Å². The summed E-state index contributed by atoms with van der Waals surface area (Å²) in [4.78, 5) is 0. The Bertz CT molecular complexity index is 264. The van der Waals surface area contributed by atoms with Crippen molar-refractivity contribution in [1.29, 1.82) is 0 Å². The summed E-state index contributed by atoms with van der Waals surface area (Å²) in [6, 6.07) is 4.00. The first-order chi connectivity index (χ1) is 5.16. The average molecular weight is 152 g/mol. The summed E-state index contributed by atoms with van der Waals surface area (Å²) >= 11 is 0. The van der Waals surface area contributed by atoms with E-state index in [0.717, 1.165) is 16.7 Å². The van der Waals surface area contributed by atoms with Crippen LogP contribution >= 0.6 is 0 Å². The van der Waals surface area contributed by atoms with Crippen LogP contribution in [0.4, 0.5) is 4.39 Å². The van der Waals surface area contributed by atoms with E-state index in [2.05, 4.69) is 0 Å². The van der Waals surface area contributed by atoms with Crippen molar-refractivity contribution < 1.29 is 4.39 Å². The lowest BCUT2D eigenvalue weighted by molar-refractivity contribution is 0.481. The summed E-state index contributed by atoms with van der Waals surface area (Å²) in [5, 5.41) is 0. The highest BCUT2D eigenvalue weighted by molar-refractivity contribution is 5.38. The Morgan fingerprint density at radius 2 is 1.64 bits per heavy atom. The van der Waals surface area contributed by atoms with Gasteiger partial charge < -0.3 is 0 Å². The lowest BCUT2D eigenvalue weighted by Gasteiger charge is -2.07. The Morgan fingerprint density at radius 3 is 2.09 bits per heavy atom. The molecule has 0 saturated carbocycles. The highest BCUT2D eigenvalue weighted by Gasteiger charge is 2.02. The highest BCUT2D eigenvalue weighted by Crippen LogP contribution is 2.17. The first kappa shape index (κ1) is 8.25. The highest BCUT2D eigenvalue weighted by atomic mass is 19.1. The molecule has 0 radical (unpaired) electrons. The van der Waals surface area contributed by atoms with Crippen LogP contribution in [0.1, 0.15) is 22.3 Å². The van der Waals surface area contributed by atoms with Crippen LogP contribution in [0.25, 0.3) is 0 Å². The zero-order chi connectivity index (χ0) is 8.43. The summed E-state index contributed by atoms with van der Waals surface area (Å²) in [5.74, 6) is 0. The molecule has 0 N–H and O–H groups in total. The quantitative estimate of drug-likeness (QED) is 0.580. The fraction of sp³-hybridized carbons (Fsp3) is 0.400.